The number of carbonyl (C=O) groups is 4. The summed E-state index contributed by atoms with van der Waals surface area (Å²) in [5.74, 6) is -1.08. The molecule has 3 rings (SSSR count). The van der Waals surface area contributed by atoms with Gasteiger partial charge in [-0.05, 0) is 74.3 Å². The molecule has 45 heavy (non-hydrogen) atoms. The predicted octanol–water partition coefficient (Wildman–Crippen LogP) is 7.13. The average Bonchev–Trinajstić information content (AvgIpc) is 2.93. The van der Waals surface area contributed by atoms with E-state index in [1.165, 1.54) is 6.92 Å². The second-order valence-electron chi connectivity index (χ2n) is 14.8. The maximum Gasteiger partial charge on any atom is 0.247 e. The third kappa shape index (κ3) is 8.05. The van der Waals surface area contributed by atoms with Crippen molar-refractivity contribution in [2.45, 2.75) is 93.5 Å². The number of carbonyl (C=O) groups excluding carboxylic acids is 4. The van der Waals surface area contributed by atoms with Crippen molar-refractivity contribution in [3.8, 4) is 11.1 Å². The van der Waals surface area contributed by atoms with Crippen LogP contribution in [0, 0.1) is 18.3 Å². The third-order valence-electron chi connectivity index (χ3n) is 9.29. The number of benzene rings is 1. The summed E-state index contributed by atoms with van der Waals surface area (Å²) < 4.78 is 0. The molecule has 0 radical (unpaired) electrons. The molecule has 0 saturated carbocycles. The van der Waals surface area contributed by atoms with Crippen LogP contribution >= 0.6 is 0 Å². The first kappa shape index (κ1) is 35.6. The fourth-order valence-corrected chi connectivity index (χ4v) is 5.71. The van der Waals surface area contributed by atoms with Crippen LogP contribution in [0.3, 0.4) is 0 Å². The van der Waals surface area contributed by atoms with Crippen molar-refractivity contribution in [3.63, 3.8) is 0 Å². The lowest BCUT2D eigenvalue weighted by Gasteiger charge is -2.46. The Morgan fingerprint density at radius 1 is 1.00 bits per heavy atom. The number of hydrogen-bond donors (Lipinski definition) is 0. The summed E-state index contributed by atoms with van der Waals surface area (Å²) in [6.45, 7) is 22.2. The number of nitrogens with zero attached hydrogens (tertiary/aromatic N) is 3. The smallest absolute Gasteiger partial charge is 0.247 e. The van der Waals surface area contributed by atoms with Crippen LogP contribution in [0.15, 0.2) is 59.8 Å². The molecule has 1 aromatic carbocycles. The van der Waals surface area contributed by atoms with E-state index >= 15 is 0 Å². The minimum atomic E-state index is -0.983. The molecule has 7 heteroatoms. The normalized spacial score (nSPS) is 16.9. The van der Waals surface area contributed by atoms with Crippen LogP contribution in [-0.2, 0) is 19.8 Å². The van der Waals surface area contributed by atoms with Crippen molar-refractivity contribution >= 4 is 23.4 Å². The van der Waals surface area contributed by atoms with Gasteiger partial charge in [-0.1, -0.05) is 76.1 Å². The van der Waals surface area contributed by atoms with Crippen LogP contribution in [0.4, 0.5) is 0 Å². The van der Waals surface area contributed by atoms with Gasteiger partial charge in [-0.25, -0.2) is 0 Å². The highest BCUT2D eigenvalue weighted by atomic mass is 16.2. The van der Waals surface area contributed by atoms with Gasteiger partial charge >= 0.3 is 0 Å². The van der Waals surface area contributed by atoms with Gasteiger partial charge in [0.2, 0.25) is 11.8 Å². The van der Waals surface area contributed by atoms with Crippen LogP contribution in [0.1, 0.15) is 97.3 Å². The summed E-state index contributed by atoms with van der Waals surface area (Å²) in [6, 6.07) is 9.83. The van der Waals surface area contributed by atoms with Gasteiger partial charge in [0, 0.05) is 45.2 Å². The lowest BCUT2D eigenvalue weighted by molar-refractivity contribution is -0.158. The number of pyridine rings is 1. The molecule has 2 amide bonds. The first-order valence-corrected chi connectivity index (χ1v) is 15.7. The van der Waals surface area contributed by atoms with Crippen molar-refractivity contribution in [1.82, 2.24) is 14.8 Å². The summed E-state index contributed by atoms with van der Waals surface area (Å²) in [5, 5.41) is 0. The van der Waals surface area contributed by atoms with Crippen LogP contribution < -0.4 is 0 Å². The second-order valence-corrected chi connectivity index (χ2v) is 14.8. The molecule has 2 aromatic rings. The van der Waals surface area contributed by atoms with Crippen molar-refractivity contribution in [2.24, 2.45) is 11.3 Å². The lowest BCUT2D eigenvalue weighted by Crippen LogP contribution is -2.64. The summed E-state index contributed by atoms with van der Waals surface area (Å²) >= 11 is 0. The summed E-state index contributed by atoms with van der Waals surface area (Å²) in [5.41, 5.74) is 4.47. The molecule has 1 unspecified atom stereocenters. The average molecular weight is 614 g/mol. The molecular formula is C38H51N3O4. The molecule has 2 heterocycles. The highest BCUT2D eigenvalue weighted by Gasteiger charge is 2.44. The van der Waals surface area contributed by atoms with Crippen molar-refractivity contribution in [3.05, 3.63) is 76.6 Å². The van der Waals surface area contributed by atoms with Gasteiger partial charge in [0.1, 0.15) is 11.2 Å². The van der Waals surface area contributed by atoms with Gasteiger partial charge in [-0.2, -0.15) is 0 Å². The van der Waals surface area contributed by atoms with E-state index in [1.54, 1.807) is 49.0 Å². The van der Waals surface area contributed by atoms with Gasteiger partial charge in [0.25, 0.3) is 0 Å². The maximum absolute atomic E-state index is 14.2. The Kier molecular flexibility index (Phi) is 10.5. The van der Waals surface area contributed by atoms with Crippen LogP contribution in [0.2, 0.25) is 0 Å². The van der Waals surface area contributed by atoms with E-state index in [-0.39, 0.29) is 35.2 Å². The zero-order valence-electron chi connectivity index (χ0n) is 29.3. The SMILES string of the molecule is CC(=O)c1ccc(-c2cc(C(C)(C)CC(=O)/C=C(\C)C(/C=C(\C)C(C)(C)C)C(=O)N3CCN(C)C(=O)C3(C)C)ccc2C)cn1. The molecule has 1 aliphatic rings. The van der Waals surface area contributed by atoms with Gasteiger partial charge in [0.05, 0.1) is 5.92 Å². The number of aromatic nitrogens is 1. The van der Waals surface area contributed by atoms with Crippen molar-refractivity contribution in [1.29, 1.82) is 0 Å². The number of rotatable bonds is 9. The van der Waals surface area contributed by atoms with Gasteiger partial charge in [-0.3, -0.25) is 24.2 Å². The number of allylic oxidation sites excluding steroid dienone is 2. The third-order valence-corrected chi connectivity index (χ3v) is 9.29. The first-order valence-electron chi connectivity index (χ1n) is 15.7. The predicted molar refractivity (Wildman–Crippen MR) is 181 cm³/mol. The Balaban J connectivity index is 1.94. The Morgan fingerprint density at radius 2 is 1.64 bits per heavy atom. The zero-order chi connectivity index (χ0) is 34.1. The van der Waals surface area contributed by atoms with Crippen LogP contribution in [-0.4, -0.2) is 63.8 Å². The molecular weight excluding hydrogens is 562 g/mol. The Labute approximate surface area is 269 Å². The lowest BCUT2D eigenvalue weighted by atomic mass is 9.78. The molecule has 0 bridgehead atoms. The first-order chi connectivity index (χ1) is 20.7. The largest absolute Gasteiger partial charge is 0.342 e. The van der Waals surface area contributed by atoms with Crippen molar-refractivity contribution < 1.29 is 19.2 Å². The van der Waals surface area contributed by atoms with E-state index in [0.717, 1.165) is 27.8 Å². The number of likely N-dealkylation sites (N-methyl/N-ethyl adjacent to an activating group) is 1. The summed E-state index contributed by atoms with van der Waals surface area (Å²) in [6.07, 6.45) is 5.53. The molecule has 1 aliphatic heterocycles. The standard InChI is InChI=1S/C38H51N3O4/c1-24-13-15-29(21-31(24)28-14-16-33(27(4)42)39-23-28)37(8,9)22-30(43)19-25(2)32(20-26(3)36(5,6)7)34(44)41-18-17-40(12)35(45)38(41,10)11/h13-16,19-21,23,32H,17-18,22H2,1-12H3/b25-19+,26-20+. The fourth-order valence-electron chi connectivity index (χ4n) is 5.71. The summed E-state index contributed by atoms with van der Waals surface area (Å²) in [7, 11) is 1.76. The second kappa shape index (κ2) is 13.2. The number of piperazine rings is 1. The molecule has 7 nitrogen and oxygen atoms in total. The Bertz CT molecular complexity index is 1540. The molecule has 1 fully saturated rings. The van der Waals surface area contributed by atoms with Crippen molar-refractivity contribution in [2.75, 3.05) is 20.1 Å². The highest BCUT2D eigenvalue weighted by molar-refractivity contribution is 5.96. The summed E-state index contributed by atoms with van der Waals surface area (Å²) in [4.78, 5) is 60.2. The number of Topliss-reactive ketones (excluding diaryl/α,β-unsaturated/α-hetero) is 1. The van der Waals surface area contributed by atoms with Gasteiger partial charge in [-0.15, -0.1) is 0 Å². The van der Waals surface area contributed by atoms with Gasteiger partial charge in [0.15, 0.2) is 11.6 Å². The molecule has 1 saturated heterocycles. The van der Waals surface area contributed by atoms with Crippen LogP contribution in [0.25, 0.3) is 11.1 Å². The van der Waals surface area contributed by atoms with E-state index in [4.69, 9.17) is 0 Å². The maximum atomic E-state index is 14.2. The molecule has 1 aromatic heterocycles. The van der Waals surface area contributed by atoms with E-state index < -0.39 is 16.9 Å². The monoisotopic (exact) mass is 613 g/mol. The zero-order valence-corrected chi connectivity index (χ0v) is 29.3. The number of ketones is 2. The number of aryl methyl sites for hydroxylation is 1. The number of hydrogen-bond acceptors (Lipinski definition) is 5. The quantitative estimate of drug-likeness (QED) is 0.171. The molecule has 0 N–H and O–H groups in total. The van der Waals surface area contributed by atoms with Crippen LogP contribution in [0.5, 0.6) is 0 Å². The van der Waals surface area contributed by atoms with E-state index in [2.05, 4.69) is 31.8 Å². The Morgan fingerprint density at radius 3 is 2.20 bits per heavy atom. The minimum Gasteiger partial charge on any atom is -0.342 e. The topological polar surface area (TPSA) is 87.7 Å². The highest BCUT2D eigenvalue weighted by Crippen LogP contribution is 2.34. The van der Waals surface area contributed by atoms with E-state index in [1.807, 2.05) is 58.9 Å². The minimum absolute atomic E-state index is 0.0690. The molecule has 0 aliphatic carbocycles. The molecule has 0 spiro atoms. The Hall–Kier alpha value is -3.87. The van der Waals surface area contributed by atoms with E-state index in [9.17, 15) is 19.2 Å². The van der Waals surface area contributed by atoms with E-state index in [0.29, 0.717) is 24.4 Å². The fraction of sp³-hybridized carbons (Fsp3) is 0.500. The molecule has 1 atom stereocenters. The molecule has 242 valence electrons. The van der Waals surface area contributed by atoms with Gasteiger partial charge < -0.3 is 9.80 Å². The number of amides is 2.